The molecule has 0 saturated carbocycles. The number of hydrogen-bond acceptors (Lipinski definition) is 4. The average molecular weight is 316 g/mol. The van der Waals surface area contributed by atoms with Gasteiger partial charge < -0.3 is 19.3 Å². The highest BCUT2D eigenvalue weighted by atomic mass is 35.5. The van der Waals surface area contributed by atoms with Crippen molar-refractivity contribution in [1.29, 1.82) is 0 Å². The Bertz CT molecular complexity index is 148. The van der Waals surface area contributed by atoms with Gasteiger partial charge in [-0.1, -0.05) is 11.6 Å². The molecule has 8 heteroatoms. The van der Waals surface area contributed by atoms with Crippen LogP contribution < -0.4 is 0 Å². The Balaban J connectivity index is 4.46. The summed E-state index contributed by atoms with van der Waals surface area (Å²) in [5, 5.41) is 9.40. The van der Waals surface area contributed by atoms with Gasteiger partial charge in [-0.2, -0.15) is 0 Å². The highest BCUT2D eigenvalue weighted by Crippen LogP contribution is 2.23. The first kappa shape index (κ1) is 17.0. The molecule has 1 N–H and O–H groups in total. The standard InChI is InChI=1S/C8H14Cl4O4/c9-1-4-14-8(7(12)13,15-5-2-10)16-6-3-11/h7,13H,1-6H2. The summed E-state index contributed by atoms with van der Waals surface area (Å²) in [6.07, 6.45) is 0. The summed E-state index contributed by atoms with van der Waals surface area (Å²) in [5.41, 5.74) is -1.51. The number of aliphatic hydroxyl groups is 1. The zero-order chi connectivity index (χ0) is 12.4. The van der Waals surface area contributed by atoms with E-state index < -0.39 is 11.5 Å². The van der Waals surface area contributed by atoms with Gasteiger partial charge in [0.15, 0.2) is 0 Å². The lowest BCUT2D eigenvalue weighted by Gasteiger charge is -2.33. The monoisotopic (exact) mass is 314 g/mol. The largest absolute Gasteiger partial charge is 0.371 e. The minimum absolute atomic E-state index is 0.107. The Kier molecular flexibility index (Phi) is 10.6. The van der Waals surface area contributed by atoms with Crippen molar-refractivity contribution < 1.29 is 19.3 Å². The maximum absolute atomic E-state index is 9.40. The van der Waals surface area contributed by atoms with Gasteiger partial charge in [0.1, 0.15) is 0 Å². The zero-order valence-corrected chi connectivity index (χ0v) is 11.5. The van der Waals surface area contributed by atoms with Crippen molar-refractivity contribution in [2.45, 2.75) is 11.5 Å². The molecule has 0 aliphatic heterocycles. The van der Waals surface area contributed by atoms with E-state index >= 15 is 0 Å². The number of ether oxygens (including phenoxy) is 3. The molecule has 0 amide bonds. The van der Waals surface area contributed by atoms with Crippen molar-refractivity contribution in [3.8, 4) is 0 Å². The van der Waals surface area contributed by atoms with Gasteiger partial charge in [-0.05, 0) is 0 Å². The van der Waals surface area contributed by atoms with Crippen LogP contribution in [0.2, 0.25) is 0 Å². The topological polar surface area (TPSA) is 47.9 Å². The lowest BCUT2D eigenvalue weighted by molar-refractivity contribution is -0.396. The fraction of sp³-hybridized carbons (Fsp3) is 1.00. The molecule has 0 aliphatic rings. The molecule has 0 bridgehead atoms. The molecule has 0 rings (SSSR count). The van der Waals surface area contributed by atoms with Crippen molar-refractivity contribution in [2.75, 3.05) is 37.5 Å². The number of alkyl halides is 4. The first-order valence-corrected chi connectivity index (χ1v) is 6.59. The number of rotatable bonds is 10. The third-order valence-corrected chi connectivity index (χ3v) is 2.16. The summed E-state index contributed by atoms with van der Waals surface area (Å²) in [6, 6.07) is 0. The molecule has 98 valence electrons. The highest BCUT2D eigenvalue weighted by Gasteiger charge is 2.41. The van der Waals surface area contributed by atoms with Gasteiger partial charge in [0.2, 0.25) is 5.56 Å². The van der Waals surface area contributed by atoms with Gasteiger partial charge in [-0.15, -0.1) is 34.8 Å². The minimum atomic E-state index is -1.78. The Morgan fingerprint density at radius 2 is 1.19 bits per heavy atom. The molecule has 0 heterocycles. The summed E-state index contributed by atoms with van der Waals surface area (Å²) in [4.78, 5) is 0. The van der Waals surface area contributed by atoms with Crippen molar-refractivity contribution in [2.24, 2.45) is 0 Å². The van der Waals surface area contributed by atoms with Gasteiger partial charge in [0, 0.05) is 17.6 Å². The fourth-order valence-corrected chi connectivity index (χ4v) is 1.29. The zero-order valence-electron chi connectivity index (χ0n) is 8.50. The second-order valence-corrected chi connectivity index (χ2v) is 4.10. The number of halogens is 4. The van der Waals surface area contributed by atoms with Gasteiger partial charge in [0.05, 0.1) is 19.8 Å². The summed E-state index contributed by atoms with van der Waals surface area (Å²) in [5.74, 6) is -1.15. The molecule has 0 aromatic carbocycles. The van der Waals surface area contributed by atoms with Gasteiger partial charge >= 0.3 is 5.97 Å². The summed E-state index contributed by atoms with van der Waals surface area (Å²) in [7, 11) is 0. The second-order valence-electron chi connectivity index (χ2n) is 2.55. The number of hydrogen-bond donors (Lipinski definition) is 1. The van der Waals surface area contributed by atoms with Crippen LogP contribution in [0.5, 0.6) is 0 Å². The van der Waals surface area contributed by atoms with Gasteiger partial charge in [-0.25, -0.2) is 0 Å². The Hall–Kier alpha value is 1.00. The maximum atomic E-state index is 9.40. The average Bonchev–Trinajstić information content (AvgIpc) is 2.28. The van der Waals surface area contributed by atoms with Crippen LogP contribution in [-0.4, -0.2) is 54.1 Å². The molecular weight excluding hydrogens is 302 g/mol. The lowest BCUT2D eigenvalue weighted by atomic mass is 10.5. The van der Waals surface area contributed by atoms with Crippen LogP contribution in [0, 0.1) is 0 Å². The lowest BCUT2D eigenvalue weighted by Crippen LogP contribution is -2.48. The van der Waals surface area contributed by atoms with Crippen LogP contribution in [0.4, 0.5) is 0 Å². The molecule has 0 aliphatic carbocycles. The molecule has 1 unspecified atom stereocenters. The maximum Gasteiger partial charge on any atom is 0.325 e. The van der Waals surface area contributed by atoms with E-state index in [9.17, 15) is 5.11 Å². The van der Waals surface area contributed by atoms with Crippen LogP contribution >= 0.6 is 46.4 Å². The summed E-state index contributed by atoms with van der Waals surface area (Å²) < 4.78 is 15.5. The van der Waals surface area contributed by atoms with E-state index in [1.165, 1.54) is 0 Å². The van der Waals surface area contributed by atoms with Crippen molar-refractivity contribution in [3.05, 3.63) is 0 Å². The second kappa shape index (κ2) is 9.97. The van der Waals surface area contributed by atoms with Crippen LogP contribution in [0.1, 0.15) is 0 Å². The van der Waals surface area contributed by atoms with E-state index in [1.807, 2.05) is 0 Å². The number of aliphatic hydroxyl groups excluding tert-OH is 1. The van der Waals surface area contributed by atoms with Crippen molar-refractivity contribution in [3.63, 3.8) is 0 Å². The smallest absolute Gasteiger partial charge is 0.325 e. The van der Waals surface area contributed by atoms with E-state index in [1.54, 1.807) is 0 Å². The molecule has 16 heavy (non-hydrogen) atoms. The van der Waals surface area contributed by atoms with E-state index in [0.717, 1.165) is 0 Å². The minimum Gasteiger partial charge on any atom is -0.371 e. The van der Waals surface area contributed by atoms with Crippen molar-refractivity contribution >= 4 is 46.4 Å². The molecule has 0 spiro atoms. The summed E-state index contributed by atoms with van der Waals surface area (Å²) >= 11 is 22.0. The van der Waals surface area contributed by atoms with Gasteiger partial charge in [0.25, 0.3) is 0 Å². The predicted octanol–water partition coefficient (Wildman–Crippen LogP) is 1.96. The molecule has 0 saturated heterocycles. The molecule has 4 nitrogen and oxygen atoms in total. The van der Waals surface area contributed by atoms with Gasteiger partial charge in [-0.3, -0.25) is 0 Å². The third-order valence-electron chi connectivity index (χ3n) is 1.43. The summed E-state index contributed by atoms with van der Waals surface area (Å²) in [6.45, 7) is 0.321. The van der Waals surface area contributed by atoms with Crippen molar-refractivity contribution in [1.82, 2.24) is 0 Å². The highest BCUT2D eigenvalue weighted by molar-refractivity contribution is 6.20. The van der Waals surface area contributed by atoms with Crippen LogP contribution in [0.3, 0.4) is 0 Å². The van der Waals surface area contributed by atoms with E-state index in [-0.39, 0.29) is 37.5 Å². The Morgan fingerprint density at radius 3 is 1.38 bits per heavy atom. The van der Waals surface area contributed by atoms with Crippen LogP contribution in [-0.2, 0) is 14.2 Å². The van der Waals surface area contributed by atoms with E-state index in [2.05, 4.69) is 0 Å². The predicted molar refractivity (Wildman–Crippen MR) is 64.6 cm³/mol. The third kappa shape index (κ3) is 6.07. The SMILES string of the molecule is OC(Cl)C(OCCCl)(OCCCl)OCCCl. The van der Waals surface area contributed by atoms with E-state index in [4.69, 9.17) is 60.6 Å². The molecule has 0 aromatic rings. The molecule has 0 fully saturated rings. The quantitative estimate of drug-likeness (QED) is 0.494. The first-order valence-electron chi connectivity index (χ1n) is 4.55. The fourth-order valence-electron chi connectivity index (χ4n) is 0.874. The molecule has 1 atom stereocenters. The van der Waals surface area contributed by atoms with Crippen LogP contribution in [0.15, 0.2) is 0 Å². The van der Waals surface area contributed by atoms with Crippen LogP contribution in [0.25, 0.3) is 0 Å². The first-order chi connectivity index (χ1) is 7.63. The molecule has 0 radical (unpaired) electrons. The Morgan fingerprint density at radius 1 is 0.875 bits per heavy atom. The Labute approximate surface area is 115 Å². The normalized spacial score (nSPS) is 14.1. The molecular formula is C8H14Cl4O4. The van der Waals surface area contributed by atoms with E-state index in [0.29, 0.717) is 0 Å². The molecule has 0 aromatic heterocycles.